The number of carbonyl (C=O) groups is 1. The molecule has 144 valence electrons. The number of rotatable bonds is 7. The highest BCUT2D eigenvalue weighted by Gasteiger charge is 2.15. The standard InChI is InChI=1S/C23H24FN3O/c1-2-21(16-8-4-3-5-9-16)27-23(28)17-12-13-22(20(25)14-17)26-15-18-10-6-7-11-19(18)24/h3-14,21,26H,2,15,25H2,1H3,(H,27,28)/t21-/m1/s1. The number of halogens is 1. The van der Waals surface area contributed by atoms with Gasteiger partial charge in [0.05, 0.1) is 17.4 Å². The molecule has 0 radical (unpaired) electrons. The zero-order chi connectivity index (χ0) is 19.9. The summed E-state index contributed by atoms with van der Waals surface area (Å²) >= 11 is 0. The Morgan fingerprint density at radius 2 is 1.75 bits per heavy atom. The molecule has 0 aliphatic rings. The minimum atomic E-state index is -0.268. The number of nitrogens with two attached hydrogens (primary N) is 1. The van der Waals surface area contributed by atoms with E-state index in [2.05, 4.69) is 10.6 Å². The van der Waals surface area contributed by atoms with Gasteiger partial charge < -0.3 is 16.4 Å². The molecule has 0 aromatic heterocycles. The number of hydrogen-bond acceptors (Lipinski definition) is 3. The maximum Gasteiger partial charge on any atom is 0.251 e. The van der Waals surface area contributed by atoms with Crippen molar-refractivity contribution in [3.8, 4) is 0 Å². The maximum atomic E-state index is 13.7. The zero-order valence-corrected chi connectivity index (χ0v) is 15.8. The Hall–Kier alpha value is -3.34. The van der Waals surface area contributed by atoms with Gasteiger partial charge in [0, 0.05) is 17.7 Å². The third-order valence-corrected chi connectivity index (χ3v) is 4.66. The van der Waals surface area contributed by atoms with Crippen molar-refractivity contribution in [2.75, 3.05) is 11.1 Å². The summed E-state index contributed by atoms with van der Waals surface area (Å²) in [6.07, 6.45) is 0.785. The number of hydrogen-bond donors (Lipinski definition) is 3. The molecule has 0 bridgehead atoms. The number of amides is 1. The van der Waals surface area contributed by atoms with Crippen LogP contribution in [0.25, 0.3) is 0 Å². The van der Waals surface area contributed by atoms with Gasteiger partial charge in [-0.15, -0.1) is 0 Å². The van der Waals surface area contributed by atoms with E-state index in [-0.39, 0.29) is 17.8 Å². The predicted octanol–water partition coefficient (Wildman–Crippen LogP) is 4.90. The molecular weight excluding hydrogens is 353 g/mol. The van der Waals surface area contributed by atoms with Crippen LogP contribution in [0.1, 0.15) is 40.9 Å². The molecule has 0 fully saturated rings. The van der Waals surface area contributed by atoms with E-state index in [1.165, 1.54) is 6.07 Å². The average molecular weight is 377 g/mol. The van der Waals surface area contributed by atoms with E-state index in [0.717, 1.165) is 12.0 Å². The molecule has 5 heteroatoms. The van der Waals surface area contributed by atoms with Crippen LogP contribution in [0, 0.1) is 5.82 Å². The van der Waals surface area contributed by atoms with Crippen LogP contribution in [0.2, 0.25) is 0 Å². The lowest BCUT2D eigenvalue weighted by atomic mass is 10.0. The molecule has 0 heterocycles. The van der Waals surface area contributed by atoms with Crippen LogP contribution >= 0.6 is 0 Å². The molecule has 0 spiro atoms. The number of nitrogens with one attached hydrogen (secondary N) is 2. The van der Waals surface area contributed by atoms with Crippen LogP contribution < -0.4 is 16.4 Å². The first-order valence-corrected chi connectivity index (χ1v) is 9.31. The van der Waals surface area contributed by atoms with Crippen molar-refractivity contribution in [2.24, 2.45) is 0 Å². The van der Waals surface area contributed by atoms with Crippen molar-refractivity contribution >= 4 is 17.3 Å². The van der Waals surface area contributed by atoms with Crippen molar-refractivity contribution in [3.63, 3.8) is 0 Å². The molecular formula is C23H24FN3O. The molecule has 0 saturated heterocycles. The highest BCUT2D eigenvalue weighted by molar-refractivity contribution is 5.96. The number of carbonyl (C=O) groups excluding carboxylic acids is 1. The smallest absolute Gasteiger partial charge is 0.251 e. The molecule has 3 aromatic carbocycles. The second-order valence-electron chi connectivity index (χ2n) is 6.59. The molecule has 28 heavy (non-hydrogen) atoms. The Morgan fingerprint density at radius 3 is 2.43 bits per heavy atom. The number of nitrogen functional groups attached to an aromatic ring is 1. The van der Waals surface area contributed by atoms with Gasteiger partial charge in [0.25, 0.3) is 5.91 Å². The van der Waals surface area contributed by atoms with Crippen LogP contribution in [-0.2, 0) is 6.54 Å². The first-order chi connectivity index (χ1) is 13.6. The van der Waals surface area contributed by atoms with Crippen LogP contribution in [0.3, 0.4) is 0 Å². The van der Waals surface area contributed by atoms with Crippen LogP contribution in [-0.4, -0.2) is 5.91 Å². The van der Waals surface area contributed by atoms with Crippen molar-refractivity contribution in [1.82, 2.24) is 5.32 Å². The SMILES string of the molecule is CC[C@@H](NC(=O)c1ccc(NCc2ccccc2F)c(N)c1)c1ccccc1. The summed E-state index contributed by atoms with van der Waals surface area (Å²) in [6, 6.07) is 21.5. The fourth-order valence-corrected chi connectivity index (χ4v) is 3.05. The van der Waals surface area contributed by atoms with E-state index in [1.54, 1.807) is 36.4 Å². The highest BCUT2D eigenvalue weighted by atomic mass is 19.1. The largest absolute Gasteiger partial charge is 0.397 e. The second-order valence-corrected chi connectivity index (χ2v) is 6.59. The second kappa shape index (κ2) is 9.04. The third kappa shape index (κ3) is 4.68. The summed E-state index contributed by atoms with van der Waals surface area (Å²) < 4.78 is 13.7. The Balaban J connectivity index is 1.67. The normalized spacial score (nSPS) is 11.6. The first kappa shape index (κ1) is 19.4. The van der Waals surface area contributed by atoms with Gasteiger partial charge in [-0.3, -0.25) is 4.79 Å². The summed E-state index contributed by atoms with van der Waals surface area (Å²) in [5, 5.41) is 6.16. The minimum Gasteiger partial charge on any atom is -0.397 e. The lowest BCUT2D eigenvalue weighted by molar-refractivity contribution is 0.0935. The van der Waals surface area contributed by atoms with Gasteiger partial charge in [-0.05, 0) is 36.2 Å². The molecule has 0 aliphatic heterocycles. The molecule has 3 rings (SSSR count). The van der Waals surface area contributed by atoms with Gasteiger partial charge >= 0.3 is 0 Å². The highest BCUT2D eigenvalue weighted by Crippen LogP contribution is 2.22. The van der Waals surface area contributed by atoms with Crippen LogP contribution in [0.5, 0.6) is 0 Å². The van der Waals surface area contributed by atoms with E-state index in [4.69, 9.17) is 5.73 Å². The Labute approximate surface area is 164 Å². The van der Waals surface area contributed by atoms with E-state index >= 15 is 0 Å². The molecule has 1 atom stereocenters. The zero-order valence-electron chi connectivity index (χ0n) is 15.8. The van der Waals surface area contributed by atoms with Gasteiger partial charge in [-0.2, -0.15) is 0 Å². The van der Waals surface area contributed by atoms with E-state index < -0.39 is 0 Å². The van der Waals surface area contributed by atoms with Gasteiger partial charge in [0.2, 0.25) is 0 Å². The molecule has 3 aromatic rings. The van der Waals surface area contributed by atoms with E-state index in [1.807, 2.05) is 37.3 Å². The molecule has 4 nitrogen and oxygen atoms in total. The van der Waals surface area contributed by atoms with Crippen molar-refractivity contribution in [1.29, 1.82) is 0 Å². The van der Waals surface area contributed by atoms with Gasteiger partial charge in [-0.1, -0.05) is 55.5 Å². The summed E-state index contributed by atoms with van der Waals surface area (Å²) in [7, 11) is 0. The van der Waals surface area contributed by atoms with Crippen LogP contribution in [0.4, 0.5) is 15.8 Å². The Morgan fingerprint density at radius 1 is 1.04 bits per heavy atom. The number of anilines is 2. The summed E-state index contributed by atoms with van der Waals surface area (Å²) in [4.78, 5) is 12.6. The quantitative estimate of drug-likeness (QED) is 0.513. The Bertz CT molecular complexity index is 944. The average Bonchev–Trinajstić information content (AvgIpc) is 2.72. The lowest BCUT2D eigenvalue weighted by Crippen LogP contribution is -2.28. The summed E-state index contributed by atoms with van der Waals surface area (Å²) in [5.41, 5.74) is 9.31. The fourth-order valence-electron chi connectivity index (χ4n) is 3.05. The molecule has 4 N–H and O–H groups in total. The summed E-state index contributed by atoms with van der Waals surface area (Å²) in [6.45, 7) is 2.34. The lowest BCUT2D eigenvalue weighted by Gasteiger charge is -2.18. The van der Waals surface area contributed by atoms with Crippen molar-refractivity contribution in [3.05, 3.63) is 95.3 Å². The Kier molecular flexibility index (Phi) is 6.27. The maximum absolute atomic E-state index is 13.7. The number of benzene rings is 3. The van der Waals surface area contributed by atoms with Crippen LogP contribution in [0.15, 0.2) is 72.8 Å². The van der Waals surface area contributed by atoms with E-state index in [0.29, 0.717) is 29.0 Å². The molecule has 1 amide bonds. The molecule has 0 unspecified atom stereocenters. The van der Waals surface area contributed by atoms with E-state index in [9.17, 15) is 9.18 Å². The molecule has 0 saturated carbocycles. The fraction of sp³-hybridized carbons (Fsp3) is 0.174. The summed E-state index contributed by atoms with van der Waals surface area (Å²) in [5.74, 6) is -0.445. The van der Waals surface area contributed by atoms with Gasteiger partial charge in [0.1, 0.15) is 5.82 Å². The third-order valence-electron chi connectivity index (χ3n) is 4.66. The first-order valence-electron chi connectivity index (χ1n) is 9.31. The topological polar surface area (TPSA) is 67.2 Å². The van der Waals surface area contributed by atoms with Crippen molar-refractivity contribution < 1.29 is 9.18 Å². The van der Waals surface area contributed by atoms with Gasteiger partial charge in [-0.25, -0.2) is 4.39 Å². The van der Waals surface area contributed by atoms with Crippen molar-refractivity contribution in [2.45, 2.75) is 25.9 Å². The molecule has 0 aliphatic carbocycles. The predicted molar refractivity (Wildman–Crippen MR) is 112 cm³/mol. The monoisotopic (exact) mass is 377 g/mol. The van der Waals surface area contributed by atoms with Gasteiger partial charge in [0.15, 0.2) is 0 Å². The minimum absolute atomic E-state index is 0.0613.